The molecule has 0 amide bonds. The van der Waals surface area contributed by atoms with Crippen LogP contribution in [0.15, 0.2) is 60.4 Å². The minimum absolute atomic E-state index is 0.178. The molecule has 1 aromatic heterocycles. The summed E-state index contributed by atoms with van der Waals surface area (Å²) in [5.41, 5.74) is 2.79. The Morgan fingerprint density at radius 3 is 2.65 bits per heavy atom. The van der Waals surface area contributed by atoms with E-state index in [9.17, 15) is 5.11 Å². The van der Waals surface area contributed by atoms with Crippen molar-refractivity contribution in [3.63, 3.8) is 0 Å². The van der Waals surface area contributed by atoms with Crippen LogP contribution in [0.25, 0.3) is 15.8 Å². The molecule has 2 N–H and O–H groups in total. The molecule has 0 saturated heterocycles. The highest BCUT2D eigenvalue weighted by Crippen LogP contribution is 2.34. The highest BCUT2D eigenvalue weighted by molar-refractivity contribution is 7.19. The van der Waals surface area contributed by atoms with Crippen LogP contribution in [-0.2, 0) is 6.42 Å². The maximum absolute atomic E-state index is 10.5. The van der Waals surface area contributed by atoms with Gasteiger partial charge >= 0.3 is 0 Å². The molecule has 0 saturated carbocycles. The van der Waals surface area contributed by atoms with Crippen LogP contribution in [0.5, 0.6) is 0 Å². The van der Waals surface area contributed by atoms with Crippen LogP contribution >= 0.6 is 11.3 Å². The maximum atomic E-state index is 10.5. The number of rotatable bonds is 5. The number of nitrogens with one attached hydrogen (secondary N) is 1. The molecule has 0 radical (unpaired) electrons. The van der Waals surface area contributed by atoms with E-state index in [1.54, 1.807) is 0 Å². The van der Waals surface area contributed by atoms with Gasteiger partial charge in [-0.05, 0) is 37.5 Å². The third-order valence-corrected chi connectivity index (χ3v) is 5.92. The third-order valence-electron chi connectivity index (χ3n) is 4.87. The highest BCUT2D eigenvalue weighted by atomic mass is 32.1. The van der Waals surface area contributed by atoms with E-state index in [1.165, 1.54) is 16.9 Å². The fraction of sp³-hybridized carbons (Fsp3) is 0.238. The number of aliphatic hydroxyl groups excluding tert-OH is 1. The molecule has 0 aliphatic carbocycles. The standard InChI is InChI=1S/C21H21N3OS/c1-14(11-12-15-7-3-2-4-8-15)24-13-17(25)19(20(24)22)21-23-16-9-5-6-10-18(16)26-21/h2-10,14,22,25H,11-13H2,1H3/t14-/m1/s1. The summed E-state index contributed by atoms with van der Waals surface area (Å²) in [5.74, 6) is 0.628. The fourth-order valence-corrected chi connectivity index (χ4v) is 4.39. The van der Waals surface area contributed by atoms with E-state index in [1.807, 2.05) is 35.2 Å². The van der Waals surface area contributed by atoms with Crippen LogP contribution < -0.4 is 0 Å². The molecule has 1 atom stereocenters. The van der Waals surface area contributed by atoms with E-state index in [2.05, 4.69) is 36.2 Å². The van der Waals surface area contributed by atoms with Gasteiger partial charge in [-0.1, -0.05) is 42.5 Å². The molecule has 4 rings (SSSR count). The lowest BCUT2D eigenvalue weighted by atomic mass is 10.1. The predicted octanol–water partition coefficient (Wildman–Crippen LogP) is 4.88. The molecule has 3 aromatic rings. The van der Waals surface area contributed by atoms with E-state index in [-0.39, 0.29) is 11.8 Å². The molecule has 0 bridgehead atoms. The van der Waals surface area contributed by atoms with E-state index in [0.29, 0.717) is 18.0 Å². The van der Waals surface area contributed by atoms with Gasteiger partial charge in [-0.3, -0.25) is 5.41 Å². The number of nitrogens with zero attached hydrogens (tertiary/aromatic N) is 2. The minimum Gasteiger partial charge on any atom is -0.510 e. The number of hydrogen-bond donors (Lipinski definition) is 2. The first kappa shape index (κ1) is 16.8. The van der Waals surface area contributed by atoms with Crippen LogP contribution in [0.3, 0.4) is 0 Å². The summed E-state index contributed by atoms with van der Waals surface area (Å²) in [6.07, 6.45) is 1.90. The normalized spacial score (nSPS) is 15.9. The first-order valence-electron chi connectivity index (χ1n) is 8.81. The van der Waals surface area contributed by atoms with Crippen molar-refractivity contribution in [2.75, 3.05) is 6.54 Å². The number of aromatic nitrogens is 1. The van der Waals surface area contributed by atoms with E-state index in [0.717, 1.165) is 28.1 Å². The number of hydrogen-bond acceptors (Lipinski definition) is 4. The second-order valence-electron chi connectivity index (χ2n) is 6.66. The molecule has 0 unspecified atom stereocenters. The largest absolute Gasteiger partial charge is 0.510 e. The van der Waals surface area contributed by atoms with Gasteiger partial charge < -0.3 is 10.0 Å². The Labute approximate surface area is 156 Å². The second kappa shape index (κ2) is 6.92. The lowest BCUT2D eigenvalue weighted by molar-refractivity contribution is 0.296. The zero-order chi connectivity index (χ0) is 18.1. The van der Waals surface area contributed by atoms with Gasteiger partial charge in [-0.25, -0.2) is 4.98 Å². The van der Waals surface area contributed by atoms with Crippen LogP contribution in [0.4, 0.5) is 0 Å². The van der Waals surface area contributed by atoms with Gasteiger partial charge in [-0.15, -0.1) is 11.3 Å². The zero-order valence-electron chi connectivity index (χ0n) is 14.6. The average molecular weight is 363 g/mol. The number of amidine groups is 1. The summed E-state index contributed by atoms with van der Waals surface area (Å²) in [7, 11) is 0. The average Bonchev–Trinajstić information content (AvgIpc) is 3.20. The summed E-state index contributed by atoms with van der Waals surface area (Å²) < 4.78 is 1.08. The van der Waals surface area contributed by atoms with Crippen molar-refractivity contribution in [1.29, 1.82) is 5.41 Å². The quantitative estimate of drug-likeness (QED) is 0.679. The Bertz CT molecular complexity index is 944. The van der Waals surface area contributed by atoms with Crippen molar-refractivity contribution >= 4 is 33.0 Å². The lowest BCUT2D eigenvalue weighted by Gasteiger charge is -2.26. The smallest absolute Gasteiger partial charge is 0.135 e. The maximum Gasteiger partial charge on any atom is 0.135 e. The summed E-state index contributed by atoms with van der Waals surface area (Å²) >= 11 is 1.53. The summed E-state index contributed by atoms with van der Waals surface area (Å²) in [4.78, 5) is 6.59. The van der Waals surface area contributed by atoms with Crippen molar-refractivity contribution in [2.45, 2.75) is 25.8 Å². The Morgan fingerprint density at radius 2 is 1.88 bits per heavy atom. The van der Waals surface area contributed by atoms with Crippen LogP contribution in [0, 0.1) is 5.41 Å². The fourth-order valence-electron chi connectivity index (χ4n) is 3.36. The van der Waals surface area contributed by atoms with E-state index < -0.39 is 0 Å². The number of fused-ring (bicyclic) bond motifs is 1. The lowest BCUT2D eigenvalue weighted by Crippen LogP contribution is -2.35. The number of para-hydroxylation sites is 1. The number of aliphatic hydroxyl groups is 1. The molecule has 0 spiro atoms. The first-order chi connectivity index (χ1) is 12.6. The van der Waals surface area contributed by atoms with Gasteiger partial charge in [-0.2, -0.15) is 0 Å². The van der Waals surface area contributed by atoms with Gasteiger partial charge in [0.2, 0.25) is 0 Å². The van der Waals surface area contributed by atoms with E-state index >= 15 is 0 Å². The molecule has 4 nitrogen and oxygen atoms in total. The zero-order valence-corrected chi connectivity index (χ0v) is 15.5. The van der Waals surface area contributed by atoms with Gasteiger partial charge in [0.05, 0.1) is 22.3 Å². The van der Waals surface area contributed by atoms with Crippen LogP contribution in [0.2, 0.25) is 0 Å². The van der Waals surface area contributed by atoms with Crippen molar-refractivity contribution < 1.29 is 5.11 Å². The Hall–Kier alpha value is -2.66. The first-order valence-corrected chi connectivity index (χ1v) is 9.62. The summed E-state index contributed by atoms with van der Waals surface area (Å²) in [6.45, 7) is 2.51. The molecule has 1 aliphatic rings. The number of aryl methyl sites for hydroxylation is 1. The third kappa shape index (κ3) is 3.10. The molecule has 2 heterocycles. The second-order valence-corrected chi connectivity index (χ2v) is 7.69. The van der Waals surface area contributed by atoms with Gasteiger partial charge in [0.15, 0.2) is 0 Å². The van der Waals surface area contributed by atoms with Crippen molar-refractivity contribution in [2.24, 2.45) is 0 Å². The monoisotopic (exact) mass is 363 g/mol. The summed E-state index contributed by atoms with van der Waals surface area (Å²) in [6, 6.07) is 18.5. The Kier molecular flexibility index (Phi) is 4.47. The molecule has 26 heavy (non-hydrogen) atoms. The van der Waals surface area contributed by atoms with Crippen LogP contribution in [0.1, 0.15) is 23.9 Å². The van der Waals surface area contributed by atoms with Crippen molar-refractivity contribution in [1.82, 2.24) is 9.88 Å². The molecule has 1 aliphatic heterocycles. The number of benzene rings is 2. The molecule has 5 heteroatoms. The van der Waals surface area contributed by atoms with Gasteiger partial charge in [0.25, 0.3) is 0 Å². The van der Waals surface area contributed by atoms with E-state index in [4.69, 9.17) is 5.41 Å². The molecular weight excluding hydrogens is 342 g/mol. The molecular formula is C21H21N3OS. The summed E-state index contributed by atoms with van der Waals surface area (Å²) in [5, 5.41) is 19.8. The highest BCUT2D eigenvalue weighted by Gasteiger charge is 2.32. The Morgan fingerprint density at radius 1 is 1.15 bits per heavy atom. The predicted molar refractivity (Wildman–Crippen MR) is 108 cm³/mol. The molecule has 2 aromatic carbocycles. The van der Waals surface area contributed by atoms with Gasteiger partial charge in [0, 0.05) is 6.04 Å². The van der Waals surface area contributed by atoms with Crippen molar-refractivity contribution in [3.05, 3.63) is 70.9 Å². The Balaban J connectivity index is 1.50. The molecule has 132 valence electrons. The molecule has 0 fully saturated rings. The topological polar surface area (TPSA) is 60.2 Å². The van der Waals surface area contributed by atoms with Gasteiger partial charge in [0.1, 0.15) is 16.6 Å². The minimum atomic E-state index is 0.178. The van der Waals surface area contributed by atoms with Crippen molar-refractivity contribution in [3.8, 4) is 0 Å². The number of thiazole rings is 1. The van der Waals surface area contributed by atoms with Crippen LogP contribution in [-0.4, -0.2) is 33.4 Å². The SMILES string of the molecule is C[C@H](CCc1ccccc1)N1CC(O)=C(c2nc3ccccc3s2)C1=N.